The minimum atomic E-state index is -0.136. The van der Waals surface area contributed by atoms with Crippen LogP contribution in [0.1, 0.15) is 26.2 Å². The van der Waals surface area contributed by atoms with E-state index in [-0.39, 0.29) is 30.4 Å². The van der Waals surface area contributed by atoms with Crippen LogP contribution in [-0.2, 0) is 14.3 Å². The van der Waals surface area contributed by atoms with E-state index in [0.717, 1.165) is 19.3 Å². The molecule has 92 valence electrons. The van der Waals surface area contributed by atoms with E-state index in [4.69, 9.17) is 4.74 Å². The van der Waals surface area contributed by atoms with Gasteiger partial charge in [0.1, 0.15) is 6.61 Å². The highest BCUT2D eigenvalue weighted by molar-refractivity contribution is 5.82. The standard InChI is InChI=1S/C11H20N2O3/c1-3-16-7-10(14)13-9-6-4-5-8(9)11(15)12-2/h8-9H,3-7H2,1-2H3,(H,12,15)(H,13,14)/t8-,9+/m1/s1. The fraction of sp³-hybridized carbons (Fsp3) is 0.818. The molecule has 0 saturated heterocycles. The van der Waals surface area contributed by atoms with Gasteiger partial charge in [0.25, 0.3) is 0 Å². The highest BCUT2D eigenvalue weighted by Gasteiger charge is 2.33. The zero-order valence-corrected chi connectivity index (χ0v) is 9.91. The van der Waals surface area contributed by atoms with Gasteiger partial charge in [-0.2, -0.15) is 0 Å². The van der Waals surface area contributed by atoms with Crippen LogP contribution in [0.4, 0.5) is 0 Å². The molecule has 1 fully saturated rings. The summed E-state index contributed by atoms with van der Waals surface area (Å²) < 4.78 is 5.02. The van der Waals surface area contributed by atoms with Gasteiger partial charge < -0.3 is 15.4 Å². The predicted octanol–water partition coefficient (Wildman–Crippen LogP) is 0.0538. The quantitative estimate of drug-likeness (QED) is 0.699. The Morgan fingerprint density at radius 3 is 2.75 bits per heavy atom. The first kappa shape index (κ1) is 13.0. The average Bonchev–Trinajstić information content (AvgIpc) is 2.73. The molecule has 0 aromatic rings. The zero-order valence-electron chi connectivity index (χ0n) is 9.91. The molecule has 0 bridgehead atoms. The molecule has 1 rings (SSSR count). The summed E-state index contributed by atoms with van der Waals surface area (Å²) in [5.41, 5.74) is 0. The average molecular weight is 228 g/mol. The van der Waals surface area contributed by atoms with E-state index in [0.29, 0.717) is 6.61 Å². The van der Waals surface area contributed by atoms with Crippen molar-refractivity contribution in [1.82, 2.24) is 10.6 Å². The summed E-state index contributed by atoms with van der Waals surface area (Å²) in [6.07, 6.45) is 2.70. The number of ether oxygens (including phenoxy) is 1. The fourth-order valence-electron chi connectivity index (χ4n) is 2.08. The van der Waals surface area contributed by atoms with E-state index < -0.39 is 0 Å². The van der Waals surface area contributed by atoms with Gasteiger partial charge in [-0.15, -0.1) is 0 Å². The van der Waals surface area contributed by atoms with Crippen molar-refractivity contribution in [1.29, 1.82) is 0 Å². The third-order valence-electron chi connectivity index (χ3n) is 2.88. The van der Waals surface area contributed by atoms with E-state index in [1.54, 1.807) is 7.05 Å². The molecule has 2 amide bonds. The summed E-state index contributed by atoms with van der Waals surface area (Å²) in [6, 6.07) is -0.0343. The molecule has 1 aliphatic carbocycles. The first-order valence-corrected chi connectivity index (χ1v) is 5.77. The zero-order chi connectivity index (χ0) is 12.0. The van der Waals surface area contributed by atoms with Gasteiger partial charge in [0.05, 0.1) is 5.92 Å². The van der Waals surface area contributed by atoms with E-state index in [2.05, 4.69) is 10.6 Å². The lowest BCUT2D eigenvalue weighted by Gasteiger charge is -2.19. The largest absolute Gasteiger partial charge is 0.372 e. The minimum Gasteiger partial charge on any atom is -0.372 e. The normalized spacial score (nSPS) is 24.1. The highest BCUT2D eigenvalue weighted by atomic mass is 16.5. The molecule has 0 radical (unpaired) electrons. The van der Waals surface area contributed by atoms with Gasteiger partial charge in [0, 0.05) is 19.7 Å². The SMILES string of the molecule is CCOCC(=O)N[C@H]1CCC[C@H]1C(=O)NC. The molecule has 0 heterocycles. The number of hydrogen-bond acceptors (Lipinski definition) is 3. The van der Waals surface area contributed by atoms with Crippen molar-refractivity contribution in [2.75, 3.05) is 20.3 Å². The van der Waals surface area contributed by atoms with Crippen LogP contribution in [0.2, 0.25) is 0 Å². The van der Waals surface area contributed by atoms with Gasteiger partial charge in [-0.05, 0) is 19.8 Å². The van der Waals surface area contributed by atoms with Crippen LogP contribution in [0.5, 0.6) is 0 Å². The summed E-state index contributed by atoms with van der Waals surface area (Å²) in [6.45, 7) is 2.45. The summed E-state index contributed by atoms with van der Waals surface area (Å²) >= 11 is 0. The van der Waals surface area contributed by atoms with Crippen LogP contribution in [0, 0.1) is 5.92 Å². The van der Waals surface area contributed by atoms with Gasteiger partial charge in [0.2, 0.25) is 11.8 Å². The predicted molar refractivity (Wildman–Crippen MR) is 59.8 cm³/mol. The first-order valence-electron chi connectivity index (χ1n) is 5.77. The molecule has 0 aliphatic heterocycles. The molecule has 0 aromatic carbocycles. The molecular formula is C11H20N2O3. The number of nitrogens with one attached hydrogen (secondary N) is 2. The van der Waals surface area contributed by atoms with Crippen LogP contribution >= 0.6 is 0 Å². The lowest BCUT2D eigenvalue weighted by molar-refractivity contribution is -0.128. The summed E-state index contributed by atoms with van der Waals surface area (Å²) in [7, 11) is 1.62. The van der Waals surface area contributed by atoms with Crippen LogP contribution < -0.4 is 10.6 Å². The molecule has 0 unspecified atom stereocenters. The molecule has 1 saturated carbocycles. The Labute approximate surface area is 95.9 Å². The van der Waals surface area contributed by atoms with Crippen LogP contribution in [0.25, 0.3) is 0 Å². The van der Waals surface area contributed by atoms with Crippen LogP contribution in [0.15, 0.2) is 0 Å². The van der Waals surface area contributed by atoms with Gasteiger partial charge in [0.15, 0.2) is 0 Å². The third-order valence-corrected chi connectivity index (χ3v) is 2.88. The Bertz CT molecular complexity index is 256. The lowest BCUT2D eigenvalue weighted by Crippen LogP contribution is -2.44. The third kappa shape index (κ3) is 3.48. The monoisotopic (exact) mass is 228 g/mol. The Morgan fingerprint density at radius 1 is 1.38 bits per heavy atom. The van der Waals surface area contributed by atoms with Gasteiger partial charge in [-0.1, -0.05) is 6.42 Å². The van der Waals surface area contributed by atoms with E-state index in [1.165, 1.54) is 0 Å². The number of hydrogen-bond donors (Lipinski definition) is 2. The Hall–Kier alpha value is -1.10. The van der Waals surface area contributed by atoms with E-state index in [9.17, 15) is 9.59 Å². The summed E-state index contributed by atoms with van der Waals surface area (Å²) in [5, 5.41) is 5.49. The highest BCUT2D eigenvalue weighted by Crippen LogP contribution is 2.25. The smallest absolute Gasteiger partial charge is 0.246 e. The van der Waals surface area contributed by atoms with Gasteiger partial charge >= 0.3 is 0 Å². The molecule has 5 nitrogen and oxygen atoms in total. The molecule has 2 atom stereocenters. The molecule has 16 heavy (non-hydrogen) atoms. The van der Waals surface area contributed by atoms with E-state index >= 15 is 0 Å². The molecule has 2 N–H and O–H groups in total. The molecule has 5 heteroatoms. The van der Waals surface area contributed by atoms with Crippen LogP contribution in [0.3, 0.4) is 0 Å². The van der Waals surface area contributed by atoms with Gasteiger partial charge in [-0.3, -0.25) is 9.59 Å². The molecule has 1 aliphatic rings. The number of amides is 2. The first-order chi connectivity index (χ1) is 7.69. The maximum atomic E-state index is 11.5. The number of rotatable bonds is 5. The van der Waals surface area contributed by atoms with Crippen LogP contribution in [-0.4, -0.2) is 38.1 Å². The minimum absolute atomic E-state index is 0.0132. The lowest BCUT2D eigenvalue weighted by atomic mass is 10.0. The van der Waals surface area contributed by atoms with E-state index in [1.807, 2.05) is 6.92 Å². The van der Waals surface area contributed by atoms with Crippen molar-refractivity contribution in [3.63, 3.8) is 0 Å². The second kappa shape index (κ2) is 6.48. The topological polar surface area (TPSA) is 67.4 Å². The van der Waals surface area contributed by atoms with Crippen molar-refractivity contribution in [2.45, 2.75) is 32.2 Å². The fourth-order valence-corrected chi connectivity index (χ4v) is 2.08. The van der Waals surface area contributed by atoms with Gasteiger partial charge in [-0.25, -0.2) is 0 Å². The number of carbonyl (C=O) groups excluding carboxylic acids is 2. The number of carbonyl (C=O) groups is 2. The Balaban J connectivity index is 2.40. The Kier molecular flexibility index (Phi) is 5.25. The summed E-state index contributed by atoms with van der Waals surface area (Å²) in [5.74, 6) is -0.211. The van der Waals surface area contributed by atoms with Crippen molar-refractivity contribution >= 4 is 11.8 Å². The second-order valence-corrected chi connectivity index (χ2v) is 3.96. The Morgan fingerprint density at radius 2 is 2.12 bits per heavy atom. The summed E-state index contributed by atoms with van der Waals surface area (Å²) in [4.78, 5) is 23.0. The van der Waals surface area contributed by atoms with Crippen molar-refractivity contribution in [3.05, 3.63) is 0 Å². The maximum absolute atomic E-state index is 11.5. The molecule has 0 spiro atoms. The van der Waals surface area contributed by atoms with Crippen molar-refractivity contribution < 1.29 is 14.3 Å². The van der Waals surface area contributed by atoms with Crippen molar-refractivity contribution in [3.8, 4) is 0 Å². The molecule has 0 aromatic heterocycles. The molecular weight excluding hydrogens is 208 g/mol. The maximum Gasteiger partial charge on any atom is 0.246 e. The second-order valence-electron chi connectivity index (χ2n) is 3.96. The van der Waals surface area contributed by atoms with Crippen molar-refractivity contribution in [2.24, 2.45) is 5.92 Å².